The number of benzene rings is 1. The van der Waals surface area contributed by atoms with Crippen LogP contribution in [0.4, 0.5) is 0 Å². The van der Waals surface area contributed by atoms with E-state index in [4.69, 9.17) is 10.2 Å². The third kappa shape index (κ3) is 2.04. The van der Waals surface area contributed by atoms with Crippen LogP contribution in [0.15, 0.2) is 18.2 Å². The first-order valence-electron chi connectivity index (χ1n) is 3.38. The minimum Gasteiger partial charge on any atom is -0.478 e. The number of hydrogen-bond donors (Lipinski definition) is 2. The second-order valence-electron chi connectivity index (χ2n) is 2.41. The molecule has 0 aliphatic heterocycles. The van der Waals surface area contributed by atoms with Gasteiger partial charge in [-0.2, -0.15) is 0 Å². The molecule has 0 saturated heterocycles. The summed E-state index contributed by atoms with van der Waals surface area (Å²) in [4.78, 5) is 21.1. The zero-order valence-electron chi connectivity index (χ0n) is 6.52. The van der Waals surface area contributed by atoms with Crippen LogP contribution in [0.5, 0.6) is 0 Å². The van der Waals surface area contributed by atoms with Gasteiger partial charge in [-0.25, -0.2) is 9.59 Å². The average molecular weight is 198 g/mol. The number of carboxylic acids is 2. The van der Waals surface area contributed by atoms with Crippen LogP contribution in [-0.4, -0.2) is 22.2 Å². The van der Waals surface area contributed by atoms with Crippen LogP contribution in [-0.2, 0) is 0 Å². The van der Waals surface area contributed by atoms with Gasteiger partial charge in [0.2, 0.25) is 0 Å². The monoisotopic (exact) mass is 198 g/mol. The Morgan fingerprint density at radius 3 is 2.23 bits per heavy atom. The molecule has 4 nitrogen and oxygen atoms in total. The van der Waals surface area contributed by atoms with E-state index in [0.717, 1.165) is 6.07 Å². The lowest BCUT2D eigenvalue weighted by atomic mass is 10.1. The van der Waals surface area contributed by atoms with Crippen molar-refractivity contribution in [1.29, 1.82) is 0 Å². The van der Waals surface area contributed by atoms with Gasteiger partial charge in [-0.3, -0.25) is 0 Å². The highest BCUT2D eigenvalue weighted by molar-refractivity contribution is 7.27. The molecule has 0 saturated carbocycles. The third-order valence-corrected chi connectivity index (χ3v) is 2.03. The molecular formula is C8H7O4P. The van der Waals surface area contributed by atoms with Crippen molar-refractivity contribution in [3.8, 4) is 0 Å². The first-order chi connectivity index (χ1) is 6.02. The molecule has 1 rings (SSSR count). The summed E-state index contributed by atoms with van der Waals surface area (Å²) in [6, 6.07) is 3.93. The number of aromatic carboxylic acids is 2. The molecule has 0 amide bonds. The molecule has 68 valence electrons. The molecule has 1 aromatic carbocycles. The molecule has 0 radical (unpaired) electrons. The van der Waals surface area contributed by atoms with Gasteiger partial charge in [0.25, 0.3) is 0 Å². The van der Waals surface area contributed by atoms with Gasteiger partial charge in [0, 0.05) is 0 Å². The topological polar surface area (TPSA) is 74.6 Å². The summed E-state index contributed by atoms with van der Waals surface area (Å²) in [6.07, 6.45) is 0. The lowest BCUT2D eigenvalue weighted by Crippen LogP contribution is -2.11. The van der Waals surface area contributed by atoms with Gasteiger partial charge in [0.15, 0.2) is 0 Å². The van der Waals surface area contributed by atoms with E-state index in [1.54, 1.807) is 0 Å². The molecule has 5 heteroatoms. The number of rotatable bonds is 2. The zero-order valence-corrected chi connectivity index (χ0v) is 7.68. The van der Waals surface area contributed by atoms with Gasteiger partial charge in [-0.15, -0.1) is 9.24 Å². The van der Waals surface area contributed by atoms with Gasteiger partial charge >= 0.3 is 11.9 Å². The third-order valence-electron chi connectivity index (χ3n) is 1.53. The lowest BCUT2D eigenvalue weighted by molar-refractivity contribution is 0.0696. The molecule has 1 unspecified atom stereocenters. The predicted octanol–water partition coefficient (Wildman–Crippen LogP) is 0.583. The molecule has 0 spiro atoms. The zero-order chi connectivity index (χ0) is 10.0. The fourth-order valence-electron chi connectivity index (χ4n) is 0.875. The van der Waals surface area contributed by atoms with Crippen molar-refractivity contribution in [3.05, 3.63) is 29.3 Å². The first-order valence-corrected chi connectivity index (χ1v) is 3.96. The van der Waals surface area contributed by atoms with Crippen molar-refractivity contribution in [2.75, 3.05) is 0 Å². The highest BCUT2D eigenvalue weighted by Crippen LogP contribution is 2.06. The van der Waals surface area contributed by atoms with Gasteiger partial charge in [-0.1, -0.05) is 6.07 Å². The minimum atomic E-state index is -1.13. The molecule has 1 atom stereocenters. The van der Waals surface area contributed by atoms with E-state index >= 15 is 0 Å². The van der Waals surface area contributed by atoms with Gasteiger partial charge in [-0.05, 0) is 17.4 Å². The van der Waals surface area contributed by atoms with Gasteiger partial charge in [0.1, 0.15) is 0 Å². The van der Waals surface area contributed by atoms with Crippen molar-refractivity contribution in [1.82, 2.24) is 0 Å². The quantitative estimate of drug-likeness (QED) is 0.681. The van der Waals surface area contributed by atoms with Crippen LogP contribution in [0.2, 0.25) is 0 Å². The predicted molar refractivity (Wildman–Crippen MR) is 49.7 cm³/mol. The number of hydrogen-bond acceptors (Lipinski definition) is 2. The fourth-order valence-corrected chi connectivity index (χ4v) is 1.18. The summed E-state index contributed by atoms with van der Waals surface area (Å²) >= 11 is 0. The van der Waals surface area contributed by atoms with Crippen LogP contribution in [0, 0.1) is 0 Å². The summed E-state index contributed by atoms with van der Waals surface area (Å²) in [5.41, 5.74) is -0.0338. The van der Waals surface area contributed by atoms with Crippen LogP contribution >= 0.6 is 9.24 Å². The summed E-state index contributed by atoms with van der Waals surface area (Å²) in [5, 5.41) is 17.7. The molecular weight excluding hydrogens is 191 g/mol. The Hall–Kier alpha value is -1.41. The van der Waals surface area contributed by atoms with E-state index < -0.39 is 11.9 Å². The molecule has 2 N–H and O–H groups in total. The standard InChI is InChI=1S/C8H7O4P/c9-7(10)4-1-2-6(13)5(3-4)8(11)12/h1-3H,13H2,(H,9,10)(H,11,12). The maximum Gasteiger partial charge on any atom is 0.336 e. The van der Waals surface area contributed by atoms with E-state index in [1.807, 2.05) is 0 Å². The summed E-state index contributed by atoms with van der Waals surface area (Å²) in [7, 11) is 2.24. The van der Waals surface area contributed by atoms with Crippen LogP contribution < -0.4 is 5.30 Å². The second-order valence-corrected chi connectivity index (χ2v) is 3.03. The van der Waals surface area contributed by atoms with E-state index in [-0.39, 0.29) is 11.1 Å². The Balaban J connectivity index is 3.27. The summed E-state index contributed by atoms with van der Waals surface area (Å²) in [5.74, 6) is -2.26. The second kappa shape index (κ2) is 3.54. The maximum atomic E-state index is 10.6. The Morgan fingerprint density at radius 1 is 1.15 bits per heavy atom. The van der Waals surface area contributed by atoms with Crippen LogP contribution in [0.25, 0.3) is 0 Å². The first kappa shape index (κ1) is 9.68. The van der Waals surface area contributed by atoms with Gasteiger partial charge in [0.05, 0.1) is 11.1 Å². The number of carboxylic acid groups (broad SMARTS) is 2. The van der Waals surface area contributed by atoms with Crippen LogP contribution in [0.3, 0.4) is 0 Å². The minimum absolute atomic E-state index is 0.00935. The Kier molecular flexibility index (Phi) is 2.63. The highest BCUT2D eigenvalue weighted by Gasteiger charge is 2.10. The maximum absolute atomic E-state index is 10.6. The molecule has 0 bridgehead atoms. The Morgan fingerprint density at radius 2 is 1.77 bits per heavy atom. The molecule has 0 fully saturated rings. The molecule has 0 aliphatic carbocycles. The largest absolute Gasteiger partial charge is 0.478 e. The smallest absolute Gasteiger partial charge is 0.336 e. The number of carbonyl (C=O) groups is 2. The Bertz CT molecular complexity index is 372. The van der Waals surface area contributed by atoms with Crippen molar-refractivity contribution in [2.45, 2.75) is 0 Å². The molecule has 0 aromatic heterocycles. The molecule has 1 aromatic rings. The summed E-state index contributed by atoms with van der Waals surface area (Å²) < 4.78 is 0. The highest BCUT2D eigenvalue weighted by atomic mass is 31.0. The van der Waals surface area contributed by atoms with Crippen molar-refractivity contribution in [2.24, 2.45) is 0 Å². The van der Waals surface area contributed by atoms with Crippen molar-refractivity contribution in [3.63, 3.8) is 0 Å². The summed E-state index contributed by atoms with van der Waals surface area (Å²) in [6.45, 7) is 0. The molecule has 0 aliphatic rings. The van der Waals surface area contributed by atoms with E-state index in [9.17, 15) is 9.59 Å². The SMILES string of the molecule is O=C(O)c1ccc(P)c(C(=O)O)c1. The molecule has 13 heavy (non-hydrogen) atoms. The van der Waals surface area contributed by atoms with Crippen LogP contribution in [0.1, 0.15) is 20.7 Å². The van der Waals surface area contributed by atoms with Gasteiger partial charge < -0.3 is 10.2 Å². The molecule has 0 heterocycles. The fraction of sp³-hybridized carbons (Fsp3) is 0. The normalized spacial score (nSPS) is 9.62. The van der Waals surface area contributed by atoms with E-state index in [1.165, 1.54) is 12.1 Å². The van der Waals surface area contributed by atoms with Crippen molar-refractivity contribution < 1.29 is 19.8 Å². The van der Waals surface area contributed by atoms with E-state index in [0.29, 0.717) is 5.30 Å². The Labute approximate surface area is 76.4 Å². The van der Waals surface area contributed by atoms with E-state index in [2.05, 4.69) is 9.24 Å². The lowest BCUT2D eigenvalue weighted by Gasteiger charge is -2.00. The van der Waals surface area contributed by atoms with Crippen molar-refractivity contribution >= 4 is 26.5 Å². The average Bonchev–Trinajstić information content (AvgIpc) is 2.04.